The zero-order chi connectivity index (χ0) is 10.4. The molecule has 0 atom stereocenters. The van der Waals surface area contributed by atoms with Crippen molar-refractivity contribution < 1.29 is 14.3 Å². The highest BCUT2D eigenvalue weighted by molar-refractivity contribution is 5.76. The summed E-state index contributed by atoms with van der Waals surface area (Å²) < 4.78 is 4.99. The normalized spacial score (nSPS) is 9.50. The molecule has 1 rings (SSSR count). The molecule has 0 N–H and O–H groups in total. The van der Waals surface area contributed by atoms with Crippen LogP contribution in [-0.2, 0) is 9.59 Å². The summed E-state index contributed by atoms with van der Waals surface area (Å²) in [6.45, 7) is 1.91. The highest BCUT2D eigenvalue weighted by Crippen LogP contribution is 2.11. The van der Waals surface area contributed by atoms with Crippen molar-refractivity contribution in [1.29, 1.82) is 0 Å². The molecule has 0 unspecified atom stereocenters. The molecule has 1 aromatic rings. The Morgan fingerprint density at radius 2 is 2.00 bits per heavy atom. The SMILES string of the molecule is CCCC(=O)Oc1ccc([C]=O)cc1. The minimum Gasteiger partial charge on any atom is -0.427 e. The largest absolute Gasteiger partial charge is 0.427 e. The smallest absolute Gasteiger partial charge is 0.311 e. The van der Waals surface area contributed by atoms with Crippen molar-refractivity contribution in [1.82, 2.24) is 0 Å². The van der Waals surface area contributed by atoms with Gasteiger partial charge in [0.05, 0.1) is 0 Å². The number of carbonyl (C=O) groups is 1. The van der Waals surface area contributed by atoms with Gasteiger partial charge < -0.3 is 4.74 Å². The third-order valence-corrected chi connectivity index (χ3v) is 1.66. The lowest BCUT2D eigenvalue weighted by molar-refractivity contribution is -0.134. The first-order valence-corrected chi connectivity index (χ1v) is 4.45. The van der Waals surface area contributed by atoms with E-state index in [0.717, 1.165) is 6.42 Å². The van der Waals surface area contributed by atoms with Gasteiger partial charge in [0.1, 0.15) is 5.75 Å². The molecule has 0 amide bonds. The third kappa shape index (κ3) is 3.01. The third-order valence-electron chi connectivity index (χ3n) is 1.66. The summed E-state index contributed by atoms with van der Waals surface area (Å²) in [6, 6.07) is 6.27. The second-order valence-corrected chi connectivity index (χ2v) is 2.85. The van der Waals surface area contributed by atoms with E-state index < -0.39 is 0 Å². The number of carbonyl (C=O) groups excluding carboxylic acids is 2. The van der Waals surface area contributed by atoms with Gasteiger partial charge in [-0.1, -0.05) is 6.92 Å². The number of esters is 1. The minimum absolute atomic E-state index is 0.254. The fourth-order valence-electron chi connectivity index (χ4n) is 0.978. The molecule has 0 heterocycles. The van der Waals surface area contributed by atoms with Crippen LogP contribution in [0.15, 0.2) is 24.3 Å². The lowest BCUT2D eigenvalue weighted by atomic mass is 10.2. The average Bonchev–Trinajstić information content (AvgIpc) is 2.19. The Morgan fingerprint density at radius 1 is 1.36 bits per heavy atom. The molecule has 3 nitrogen and oxygen atoms in total. The van der Waals surface area contributed by atoms with Crippen molar-refractivity contribution in [2.45, 2.75) is 19.8 Å². The molecular formula is C11H11O3. The maximum atomic E-state index is 11.1. The van der Waals surface area contributed by atoms with Crippen LogP contribution in [0.25, 0.3) is 0 Å². The molecule has 0 spiro atoms. The number of rotatable bonds is 4. The van der Waals surface area contributed by atoms with Crippen LogP contribution < -0.4 is 4.74 Å². The van der Waals surface area contributed by atoms with Crippen LogP contribution in [0.2, 0.25) is 0 Å². The fourth-order valence-corrected chi connectivity index (χ4v) is 0.978. The number of benzene rings is 1. The molecular weight excluding hydrogens is 180 g/mol. The van der Waals surface area contributed by atoms with Gasteiger partial charge in [-0.2, -0.15) is 0 Å². The standard InChI is InChI=1S/C11H11O3/c1-2-3-11(13)14-10-6-4-9(8-12)5-7-10/h4-7H,2-3H2,1H3. The van der Waals surface area contributed by atoms with Crippen molar-refractivity contribution in [3.05, 3.63) is 29.8 Å². The van der Waals surface area contributed by atoms with Gasteiger partial charge in [0.25, 0.3) is 0 Å². The van der Waals surface area contributed by atoms with E-state index in [1.165, 1.54) is 0 Å². The van der Waals surface area contributed by atoms with E-state index in [1.807, 2.05) is 6.92 Å². The molecule has 0 aliphatic rings. The molecule has 0 aromatic heterocycles. The van der Waals surface area contributed by atoms with E-state index in [9.17, 15) is 9.59 Å². The van der Waals surface area contributed by atoms with Gasteiger partial charge >= 0.3 is 5.97 Å². The molecule has 0 fully saturated rings. The minimum atomic E-state index is -0.254. The van der Waals surface area contributed by atoms with Crippen LogP contribution in [-0.4, -0.2) is 12.3 Å². The first-order valence-electron chi connectivity index (χ1n) is 4.45. The molecule has 3 heteroatoms. The van der Waals surface area contributed by atoms with Crippen LogP contribution in [0.3, 0.4) is 0 Å². The van der Waals surface area contributed by atoms with Crippen molar-refractivity contribution in [2.75, 3.05) is 0 Å². The number of hydrogen-bond acceptors (Lipinski definition) is 3. The van der Waals surface area contributed by atoms with Gasteiger partial charge in [-0.15, -0.1) is 0 Å². The summed E-state index contributed by atoms with van der Waals surface area (Å²) in [5, 5.41) is 0. The molecule has 73 valence electrons. The molecule has 0 aliphatic heterocycles. The fraction of sp³-hybridized carbons (Fsp3) is 0.273. The van der Waals surface area contributed by atoms with Crippen LogP contribution in [0.5, 0.6) is 5.75 Å². The van der Waals surface area contributed by atoms with Gasteiger partial charge in [0.2, 0.25) is 6.29 Å². The van der Waals surface area contributed by atoms with Gasteiger partial charge in [0.15, 0.2) is 0 Å². The summed E-state index contributed by atoms with van der Waals surface area (Å²) >= 11 is 0. The highest BCUT2D eigenvalue weighted by atomic mass is 16.5. The second kappa shape index (κ2) is 5.17. The van der Waals surface area contributed by atoms with Crippen LogP contribution in [0, 0.1) is 0 Å². The quantitative estimate of drug-likeness (QED) is 0.538. The molecule has 0 aliphatic carbocycles. The molecule has 1 aromatic carbocycles. The molecule has 0 saturated carbocycles. The number of ether oxygens (including phenoxy) is 1. The van der Waals surface area contributed by atoms with Crippen molar-refractivity contribution in [2.24, 2.45) is 0 Å². The van der Waals surface area contributed by atoms with E-state index in [1.54, 1.807) is 30.6 Å². The molecule has 14 heavy (non-hydrogen) atoms. The molecule has 0 saturated heterocycles. The van der Waals surface area contributed by atoms with Gasteiger partial charge in [-0.25, -0.2) is 0 Å². The van der Waals surface area contributed by atoms with Crippen molar-refractivity contribution in [3.8, 4) is 5.75 Å². The maximum Gasteiger partial charge on any atom is 0.311 e. The topological polar surface area (TPSA) is 43.4 Å². The van der Waals surface area contributed by atoms with Gasteiger partial charge in [-0.3, -0.25) is 9.59 Å². The number of hydrogen-bond donors (Lipinski definition) is 0. The lowest BCUT2D eigenvalue weighted by Gasteiger charge is -2.02. The van der Waals surface area contributed by atoms with Gasteiger partial charge in [-0.05, 0) is 30.7 Å². The molecule has 1 radical (unpaired) electrons. The van der Waals surface area contributed by atoms with E-state index in [0.29, 0.717) is 17.7 Å². The van der Waals surface area contributed by atoms with E-state index in [-0.39, 0.29) is 5.97 Å². The van der Waals surface area contributed by atoms with Crippen molar-refractivity contribution in [3.63, 3.8) is 0 Å². The predicted molar refractivity (Wildman–Crippen MR) is 51.8 cm³/mol. The monoisotopic (exact) mass is 191 g/mol. The Labute approximate surface area is 82.7 Å². The van der Waals surface area contributed by atoms with Gasteiger partial charge in [0, 0.05) is 12.0 Å². The summed E-state index contributed by atoms with van der Waals surface area (Å²) in [6.07, 6.45) is 2.91. The Balaban J connectivity index is 2.59. The maximum absolute atomic E-state index is 11.1. The average molecular weight is 191 g/mol. The van der Waals surface area contributed by atoms with Crippen LogP contribution in [0.1, 0.15) is 25.3 Å². The van der Waals surface area contributed by atoms with Crippen molar-refractivity contribution >= 4 is 12.3 Å². The Bertz CT molecular complexity index is 314. The Hall–Kier alpha value is -1.64. The highest BCUT2D eigenvalue weighted by Gasteiger charge is 2.02. The van der Waals surface area contributed by atoms with E-state index in [4.69, 9.17) is 4.74 Å². The Kier molecular flexibility index (Phi) is 3.85. The van der Waals surface area contributed by atoms with Crippen LogP contribution >= 0.6 is 0 Å². The Morgan fingerprint density at radius 3 is 2.50 bits per heavy atom. The molecule has 0 bridgehead atoms. The first-order chi connectivity index (χ1) is 6.76. The second-order valence-electron chi connectivity index (χ2n) is 2.85. The first kappa shape index (κ1) is 10.4. The summed E-state index contributed by atoms with van der Waals surface area (Å²) in [7, 11) is 0. The van der Waals surface area contributed by atoms with Crippen LogP contribution in [0.4, 0.5) is 0 Å². The zero-order valence-corrected chi connectivity index (χ0v) is 7.95. The predicted octanol–water partition coefficient (Wildman–Crippen LogP) is 1.85. The summed E-state index contributed by atoms with van der Waals surface area (Å²) in [5.74, 6) is 0.206. The zero-order valence-electron chi connectivity index (χ0n) is 7.95. The van der Waals surface area contributed by atoms with E-state index >= 15 is 0 Å². The summed E-state index contributed by atoms with van der Waals surface area (Å²) in [4.78, 5) is 21.3. The van der Waals surface area contributed by atoms with E-state index in [2.05, 4.69) is 0 Å². The summed E-state index contributed by atoms with van der Waals surface area (Å²) in [5.41, 5.74) is 0.445. The lowest BCUT2D eigenvalue weighted by Crippen LogP contribution is -2.06.